The molecule has 3 aromatic rings. The first-order valence-corrected chi connectivity index (χ1v) is 13.2. The molecule has 3 nitrogen and oxygen atoms in total. The predicted octanol–water partition coefficient (Wildman–Crippen LogP) is 2.10. The lowest BCUT2D eigenvalue weighted by molar-refractivity contribution is -0.598. The van der Waals surface area contributed by atoms with Crippen molar-refractivity contribution in [3.63, 3.8) is 0 Å². The summed E-state index contributed by atoms with van der Waals surface area (Å²) >= 11 is -0.367. The van der Waals surface area contributed by atoms with E-state index < -0.39 is 9.84 Å². The first kappa shape index (κ1) is 21.8. The lowest BCUT2D eigenvalue weighted by Gasteiger charge is -2.18. The fourth-order valence-corrected chi connectivity index (χ4v) is 6.70. The van der Waals surface area contributed by atoms with Crippen LogP contribution in [0.2, 0.25) is 0 Å². The van der Waals surface area contributed by atoms with Gasteiger partial charge in [-0.05, 0) is 65.9 Å². The Kier molecular flexibility index (Phi) is 6.39. The molecular weight excluding hydrogens is 495 g/mol. The molecule has 0 saturated heterocycles. The van der Waals surface area contributed by atoms with Gasteiger partial charge in [-0.1, -0.05) is 45.0 Å². The maximum atomic E-state index is 12.8. The highest BCUT2D eigenvalue weighted by molar-refractivity contribution is 7.90. The monoisotopic (exact) mass is 521 g/mol. The first-order valence-electron chi connectivity index (χ1n) is 9.41. The number of phenolic OH excluding ortho intramolecular Hbond substituents is 1. The van der Waals surface area contributed by atoms with Crippen molar-refractivity contribution in [3.8, 4) is 5.75 Å². The highest BCUT2D eigenvalue weighted by Gasteiger charge is 2.23. The Morgan fingerprint density at radius 3 is 2.07 bits per heavy atom. The smallest absolute Gasteiger partial charge is 0.358 e. The Labute approximate surface area is 184 Å². The lowest BCUT2D eigenvalue weighted by Crippen LogP contribution is -3.61. The molecule has 29 heavy (non-hydrogen) atoms. The van der Waals surface area contributed by atoms with Crippen molar-refractivity contribution in [1.29, 1.82) is 0 Å². The average Bonchev–Trinajstić information content (AvgIpc) is 2.65. The number of hydrogen-bond donors (Lipinski definition) is 1. The van der Waals surface area contributed by atoms with Crippen LogP contribution in [0.3, 0.4) is 0 Å². The Balaban J connectivity index is 1.78. The minimum absolute atomic E-state index is 0.0740. The molecule has 3 aromatic carbocycles. The third kappa shape index (κ3) is 5.60. The molecule has 0 amide bonds. The predicted molar refractivity (Wildman–Crippen MR) is 113 cm³/mol. The molecular formula is C24H26IO3S+. The van der Waals surface area contributed by atoms with E-state index in [-0.39, 0.29) is 38.1 Å². The van der Waals surface area contributed by atoms with Crippen LogP contribution in [-0.4, -0.2) is 13.5 Å². The molecule has 0 unspecified atom stereocenters. The Morgan fingerprint density at radius 1 is 0.897 bits per heavy atom. The highest BCUT2D eigenvalue weighted by Crippen LogP contribution is 2.21. The van der Waals surface area contributed by atoms with E-state index in [9.17, 15) is 13.5 Å². The molecule has 1 N–H and O–H groups in total. The Morgan fingerprint density at radius 2 is 1.52 bits per heavy atom. The van der Waals surface area contributed by atoms with Crippen LogP contribution in [0, 0.1) is 14.1 Å². The van der Waals surface area contributed by atoms with Crippen molar-refractivity contribution in [2.75, 3.05) is 0 Å². The SMILES string of the molecule is Cc1cc(S(=O)(=O)Cc2ccc(O)cc2)ccc1[I+]c1ccc(C(C)(C)C)cc1. The maximum absolute atomic E-state index is 12.8. The number of phenols is 1. The van der Waals surface area contributed by atoms with E-state index in [4.69, 9.17) is 0 Å². The quantitative estimate of drug-likeness (QED) is 0.524. The summed E-state index contributed by atoms with van der Waals surface area (Å²) in [4.78, 5) is 0.346. The number of rotatable bonds is 5. The van der Waals surface area contributed by atoms with Crippen molar-refractivity contribution in [3.05, 3.63) is 90.6 Å². The van der Waals surface area contributed by atoms with Gasteiger partial charge in [-0.2, -0.15) is 0 Å². The summed E-state index contributed by atoms with van der Waals surface area (Å²) in [6.45, 7) is 8.60. The second-order valence-corrected chi connectivity index (χ2v) is 13.1. The van der Waals surface area contributed by atoms with Crippen molar-refractivity contribution in [1.82, 2.24) is 0 Å². The van der Waals surface area contributed by atoms with Gasteiger partial charge in [0.15, 0.2) is 17.0 Å². The van der Waals surface area contributed by atoms with Gasteiger partial charge < -0.3 is 5.11 Å². The Bertz CT molecular complexity index is 1090. The van der Waals surface area contributed by atoms with E-state index in [0.29, 0.717) is 10.5 Å². The van der Waals surface area contributed by atoms with Crippen LogP contribution >= 0.6 is 0 Å². The molecule has 0 aliphatic heterocycles. The Hall–Kier alpha value is -1.86. The fraction of sp³-hybridized carbons (Fsp3) is 0.250. The third-order valence-corrected chi connectivity index (χ3v) is 9.52. The van der Waals surface area contributed by atoms with E-state index in [1.54, 1.807) is 24.3 Å². The normalized spacial score (nSPS) is 12.1. The molecule has 0 aliphatic rings. The largest absolute Gasteiger partial charge is 0.508 e. The second kappa shape index (κ2) is 8.48. The summed E-state index contributed by atoms with van der Waals surface area (Å²) < 4.78 is 28.1. The number of aryl methyl sites for hydroxylation is 1. The molecule has 5 heteroatoms. The van der Waals surface area contributed by atoms with Crippen LogP contribution in [0.4, 0.5) is 0 Å². The molecule has 3 rings (SSSR count). The molecule has 0 bridgehead atoms. The zero-order valence-corrected chi connectivity index (χ0v) is 20.1. The number of hydrogen-bond acceptors (Lipinski definition) is 3. The van der Waals surface area contributed by atoms with Gasteiger partial charge in [0.1, 0.15) is 5.75 Å². The van der Waals surface area contributed by atoms with E-state index in [1.807, 2.05) is 13.0 Å². The van der Waals surface area contributed by atoms with Gasteiger partial charge in [-0.25, -0.2) is 8.42 Å². The molecule has 0 atom stereocenters. The van der Waals surface area contributed by atoms with Crippen LogP contribution in [0.15, 0.2) is 71.6 Å². The molecule has 0 aromatic heterocycles. The third-order valence-electron chi connectivity index (χ3n) is 4.70. The van der Waals surface area contributed by atoms with Crippen LogP contribution in [-0.2, 0) is 21.0 Å². The highest BCUT2D eigenvalue weighted by atomic mass is 127. The van der Waals surface area contributed by atoms with Crippen LogP contribution in [0.5, 0.6) is 5.75 Å². The van der Waals surface area contributed by atoms with Gasteiger partial charge >= 0.3 is 21.2 Å². The van der Waals surface area contributed by atoms with Gasteiger partial charge in [0.05, 0.1) is 10.6 Å². The van der Waals surface area contributed by atoms with Gasteiger partial charge in [0.2, 0.25) is 0 Å². The molecule has 0 aliphatic carbocycles. The van der Waals surface area contributed by atoms with Gasteiger partial charge in [-0.3, -0.25) is 0 Å². The number of halogens is 1. The van der Waals surface area contributed by atoms with E-state index in [1.165, 1.54) is 24.8 Å². The summed E-state index contributed by atoms with van der Waals surface area (Å²) in [5, 5.41) is 9.37. The van der Waals surface area contributed by atoms with E-state index in [0.717, 1.165) is 5.56 Å². The first-order chi connectivity index (χ1) is 13.5. The standard InChI is InChI=1S/C24H25IO3S/c1-17-15-22(29(27,28)16-18-5-11-21(26)12-6-18)13-14-23(17)25-20-9-7-19(8-10-20)24(2,3)4/h5-15H,16H2,1-4H3/p+1. The summed E-state index contributed by atoms with van der Waals surface area (Å²) in [7, 11) is -3.43. The van der Waals surface area contributed by atoms with Crippen LogP contribution < -0.4 is 21.2 Å². The minimum Gasteiger partial charge on any atom is -0.508 e. The van der Waals surface area contributed by atoms with Crippen molar-refractivity contribution in [2.45, 2.75) is 43.8 Å². The van der Waals surface area contributed by atoms with Gasteiger partial charge in [0, 0.05) is 5.56 Å². The minimum atomic E-state index is -3.43. The molecule has 152 valence electrons. The van der Waals surface area contributed by atoms with Gasteiger partial charge in [-0.15, -0.1) is 0 Å². The molecule has 0 heterocycles. The van der Waals surface area contributed by atoms with Crippen LogP contribution in [0.1, 0.15) is 37.5 Å². The second-order valence-electron chi connectivity index (χ2n) is 8.19. The van der Waals surface area contributed by atoms with E-state index in [2.05, 4.69) is 45.0 Å². The van der Waals surface area contributed by atoms with Crippen molar-refractivity contribution >= 4 is 9.84 Å². The number of aromatic hydroxyl groups is 1. The molecule has 0 saturated carbocycles. The number of benzene rings is 3. The fourth-order valence-electron chi connectivity index (χ4n) is 2.94. The van der Waals surface area contributed by atoms with Crippen LogP contribution in [0.25, 0.3) is 0 Å². The van der Waals surface area contributed by atoms with Crippen molar-refractivity contribution < 1.29 is 34.7 Å². The van der Waals surface area contributed by atoms with E-state index >= 15 is 0 Å². The summed E-state index contributed by atoms with van der Waals surface area (Å²) in [5.41, 5.74) is 3.14. The summed E-state index contributed by atoms with van der Waals surface area (Å²) in [5.74, 6) is 0.0564. The molecule has 0 radical (unpaired) electrons. The number of sulfone groups is 1. The maximum Gasteiger partial charge on any atom is 0.358 e. The van der Waals surface area contributed by atoms with Gasteiger partial charge in [0.25, 0.3) is 0 Å². The molecule has 0 spiro atoms. The zero-order chi connectivity index (χ0) is 21.2. The summed E-state index contributed by atoms with van der Waals surface area (Å²) in [6, 6.07) is 20.6. The topological polar surface area (TPSA) is 54.4 Å². The summed E-state index contributed by atoms with van der Waals surface area (Å²) in [6.07, 6.45) is 0. The molecule has 0 fully saturated rings. The zero-order valence-electron chi connectivity index (χ0n) is 17.1. The van der Waals surface area contributed by atoms with Crippen molar-refractivity contribution in [2.24, 2.45) is 0 Å². The lowest BCUT2D eigenvalue weighted by atomic mass is 9.87. The average molecular weight is 521 g/mol.